The minimum absolute atomic E-state index is 0. The number of piperidine rings is 1. The molecule has 0 radical (unpaired) electrons. The maximum absolute atomic E-state index is 11.5. The van der Waals surface area contributed by atoms with Crippen LogP contribution in [0.4, 0.5) is 0 Å². The summed E-state index contributed by atoms with van der Waals surface area (Å²) >= 11 is 0. The predicted molar refractivity (Wildman–Crippen MR) is 115 cm³/mol. The van der Waals surface area contributed by atoms with Crippen LogP contribution in [-0.4, -0.2) is 74.0 Å². The first kappa shape index (κ1) is 22.5. The molecule has 2 aliphatic heterocycles. The van der Waals surface area contributed by atoms with Gasteiger partial charge in [0, 0.05) is 39.1 Å². The number of aliphatic imine (C=N–C) groups is 1. The molecular weight excluding hydrogens is 429 g/mol. The lowest BCUT2D eigenvalue weighted by molar-refractivity contribution is -0.121. The SMILES string of the molecule is CCNC(=NCC1CCCN1CC)N1CCC(CC(=O)NC)CC1.I. The van der Waals surface area contributed by atoms with Gasteiger partial charge in [-0.15, -0.1) is 24.0 Å². The topological polar surface area (TPSA) is 60.0 Å². The summed E-state index contributed by atoms with van der Waals surface area (Å²) in [5.74, 6) is 1.73. The van der Waals surface area contributed by atoms with E-state index < -0.39 is 0 Å². The summed E-state index contributed by atoms with van der Waals surface area (Å²) in [5, 5.41) is 6.19. The van der Waals surface area contributed by atoms with Gasteiger partial charge >= 0.3 is 0 Å². The Bertz CT molecular complexity index is 424. The molecule has 0 spiro atoms. The molecule has 6 nitrogen and oxygen atoms in total. The van der Waals surface area contributed by atoms with E-state index in [0.717, 1.165) is 51.5 Å². The van der Waals surface area contributed by atoms with Crippen LogP contribution < -0.4 is 10.6 Å². The molecule has 2 rings (SSSR count). The number of carbonyl (C=O) groups is 1. The smallest absolute Gasteiger partial charge is 0.220 e. The van der Waals surface area contributed by atoms with Gasteiger partial charge in [-0.2, -0.15) is 0 Å². The number of nitrogens with zero attached hydrogens (tertiary/aromatic N) is 3. The van der Waals surface area contributed by atoms with Crippen molar-refractivity contribution >= 4 is 35.8 Å². The molecule has 0 bridgehead atoms. The molecule has 25 heavy (non-hydrogen) atoms. The van der Waals surface area contributed by atoms with E-state index in [0.29, 0.717) is 18.4 Å². The highest BCUT2D eigenvalue weighted by atomic mass is 127. The van der Waals surface area contributed by atoms with Gasteiger partial charge in [-0.05, 0) is 51.6 Å². The van der Waals surface area contributed by atoms with Crippen LogP contribution in [0, 0.1) is 5.92 Å². The van der Waals surface area contributed by atoms with Crippen LogP contribution in [0.1, 0.15) is 46.0 Å². The molecule has 0 aromatic heterocycles. The molecule has 2 fully saturated rings. The zero-order chi connectivity index (χ0) is 17.4. The second-order valence-electron chi connectivity index (χ2n) is 6.93. The van der Waals surface area contributed by atoms with Gasteiger partial charge in [-0.25, -0.2) is 0 Å². The number of rotatable bonds is 6. The van der Waals surface area contributed by atoms with Gasteiger partial charge in [0.05, 0.1) is 6.54 Å². The Morgan fingerprint density at radius 2 is 1.88 bits per heavy atom. The Morgan fingerprint density at radius 3 is 2.48 bits per heavy atom. The monoisotopic (exact) mass is 465 g/mol. The fourth-order valence-electron chi connectivity index (χ4n) is 3.85. The third kappa shape index (κ3) is 6.92. The van der Waals surface area contributed by atoms with E-state index >= 15 is 0 Å². The highest BCUT2D eigenvalue weighted by Gasteiger charge is 2.25. The summed E-state index contributed by atoms with van der Waals surface area (Å²) in [5.41, 5.74) is 0. The minimum atomic E-state index is 0. The molecule has 146 valence electrons. The van der Waals surface area contributed by atoms with Crippen molar-refractivity contribution in [1.82, 2.24) is 20.4 Å². The van der Waals surface area contributed by atoms with E-state index in [1.165, 1.54) is 19.4 Å². The minimum Gasteiger partial charge on any atom is -0.359 e. The Hall–Kier alpha value is -0.570. The number of likely N-dealkylation sites (N-methyl/N-ethyl adjacent to an activating group) is 1. The summed E-state index contributed by atoms with van der Waals surface area (Å²) in [6.45, 7) is 10.5. The van der Waals surface area contributed by atoms with Gasteiger partial charge in [-0.3, -0.25) is 14.7 Å². The van der Waals surface area contributed by atoms with Crippen LogP contribution in [0.25, 0.3) is 0 Å². The quantitative estimate of drug-likeness (QED) is 0.358. The highest BCUT2D eigenvalue weighted by molar-refractivity contribution is 14.0. The lowest BCUT2D eigenvalue weighted by Gasteiger charge is -2.34. The molecule has 1 amide bonds. The number of halogens is 1. The fraction of sp³-hybridized carbons (Fsp3) is 0.889. The summed E-state index contributed by atoms with van der Waals surface area (Å²) in [4.78, 5) is 21.4. The molecule has 1 atom stereocenters. The molecule has 0 saturated carbocycles. The number of carbonyl (C=O) groups excluding carboxylic acids is 1. The van der Waals surface area contributed by atoms with Crippen molar-refractivity contribution in [2.75, 3.05) is 46.3 Å². The Kier molecular flexibility index (Phi) is 10.7. The zero-order valence-electron chi connectivity index (χ0n) is 16.1. The lowest BCUT2D eigenvalue weighted by Crippen LogP contribution is -2.46. The standard InChI is InChI=1S/C18H35N5O.HI/c1-4-20-18(21-14-16-7-6-10-22(16)5-2)23-11-8-15(9-12-23)13-17(24)19-3;/h15-16H,4-14H2,1-3H3,(H,19,24)(H,20,21);1H. The van der Waals surface area contributed by atoms with Crippen molar-refractivity contribution in [2.24, 2.45) is 10.9 Å². The third-order valence-corrected chi connectivity index (χ3v) is 5.36. The van der Waals surface area contributed by atoms with Crippen molar-refractivity contribution < 1.29 is 4.79 Å². The largest absolute Gasteiger partial charge is 0.359 e. The maximum atomic E-state index is 11.5. The number of amides is 1. The Morgan fingerprint density at radius 1 is 1.16 bits per heavy atom. The van der Waals surface area contributed by atoms with Crippen molar-refractivity contribution in [3.63, 3.8) is 0 Å². The van der Waals surface area contributed by atoms with Crippen LogP contribution in [0.5, 0.6) is 0 Å². The van der Waals surface area contributed by atoms with Gasteiger partial charge in [0.1, 0.15) is 0 Å². The number of guanidine groups is 1. The third-order valence-electron chi connectivity index (χ3n) is 5.36. The second-order valence-corrected chi connectivity index (χ2v) is 6.93. The van der Waals surface area contributed by atoms with Crippen molar-refractivity contribution in [3.05, 3.63) is 0 Å². The molecule has 1 unspecified atom stereocenters. The Balaban J connectivity index is 0.00000312. The summed E-state index contributed by atoms with van der Waals surface area (Å²) in [7, 11) is 1.72. The average molecular weight is 465 g/mol. The number of likely N-dealkylation sites (tertiary alicyclic amines) is 2. The molecule has 2 N–H and O–H groups in total. The normalized spacial score (nSPS) is 22.6. The summed E-state index contributed by atoms with van der Waals surface area (Å²) in [6, 6.07) is 0.606. The maximum Gasteiger partial charge on any atom is 0.220 e. The van der Waals surface area contributed by atoms with E-state index in [1.807, 2.05) is 0 Å². The lowest BCUT2D eigenvalue weighted by atomic mass is 9.93. The van der Waals surface area contributed by atoms with Crippen molar-refractivity contribution in [2.45, 2.75) is 52.0 Å². The van der Waals surface area contributed by atoms with E-state index in [9.17, 15) is 4.79 Å². The van der Waals surface area contributed by atoms with Gasteiger partial charge < -0.3 is 15.5 Å². The summed E-state index contributed by atoms with van der Waals surface area (Å²) in [6.07, 6.45) is 5.37. The fourth-order valence-corrected chi connectivity index (χ4v) is 3.85. The summed E-state index contributed by atoms with van der Waals surface area (Å²) < 4.78 is 0. The Labute approximate surface area is 170 Å². The number of hydrogen-bond donors (Lipinski definition) is 2. The molecule has 7 heteroatoms. The van der Waals surface area contributed by atoms with Gasteiger partial charge in [0.15, 0.2) is 5.96 Å². The molecular formula is C18H36IN5O. The van der Waals surface area contributed by atoms with Crippen LogP contribution >= 0.6 is 24.0 Å². The average Bonchev–Trinajstić information content (AvgIpc) is 3.06. The zero-order valence-corrected chi connectivity index (χ0v) is 18.4. The van der Waals surface area contributed by atoms with E-state index in [1.54, 1.807) is 7.05 Å². The van der Waals surface area contributed by atoms with Gasteiger partial charge in [0.25, 0.3) is 0 Å². The first-order valence-corrected chi connectivity index (χ1v) is 9.65. The molecule has 2 heterocycles. The molecule has 2 aliphatic rings. The first-order chi connectivity index (χ1) is 11.7. The molecule has 0 aromatic rings. The van der Waals surface area contributed by atoms with Crippen LogP contribution in [-0.2, 0) is 4.79 Å². The van der Waals surface area contributed by atoms with Crippen molar-refractivity contribution in [3.8, 4) is 0 Å². The van der Waals surface area contributed by atoms with Crippen LogP contribution in [0.15, 0.2) is 4.99 Å². The first-order valence-electron chi connectivity index (χ1n) is 9.65. The molecule has 2 saturated heterocycles. The van der Waals surface area contributed by atoms with E-state index in [4.69, 9.17) is 4.99 Å². The van der Waals surface area contributed by atoms with Crippen LogP contribution in [0.2, 0.25) is 0 Å². The van der Waals surface area contributed by atoms with E-state index in [-0.39, 0.29) is 29.9 Å². The predicted octanol–water partition coefficient (Wildman–Crippen LogP) is 1.90. The molecule has 0 aromatic carbocycles. The van der Waals surface area contributed by atoms with Crippen molar-refractivity contribution in [1.29, 1.82) is 0 Å². The number of nitrogens with one attached hydrogen (secondary N) is 2. The van der Waals surface area contributed by atoms with Crippen LogP contribution in [0.3, 0.4) is 0 Å². The highest BCUT2D eigenvalue weighted by Crippen LogP contribution is 2.21. The van der Waals surface area contributed by atoms with Gasteiger partial charge in [0.2, 0.25) is 5.91 Å². The second kappa shape index (κ2) is 11.9. The van der Waals surface area contributed by atoms with Gasteiger partial charge in [-0.1, -0.05) is 6.92 Å². The van der Waals surface area contributed by atoms with E-state index in [2.05, 4.69) is 34.3 Å². The number of hydrogen-bond acceptors (Lipinski definition) is 3. The molecule has 0 aliphatic carbocycles.